The molecule has 0 aliphatic heterocycles. The van der Waals surface area contributed by atoms with Crippen molar-refractivity contribution in [1.29, 1.82) is 0 Å². The number of anilines is 1. The van der Waals surface area contributed by atoms with Crippen LogP contribution >= 0.6 is 11.6 Å². The Balaban J connectivity index is 1.67. The predicted molar refractivity (Wildman–Crippen MR) is 124 cm³/mol. The van der Waals surface area contributed by atoms with Crippen molar-refractivity contribution in [2.75, 3.05) is 19.5 Å². The van der Waals surface area contributed by atoms with Gasteiger partial charge in [-0.15, -0.1) is 0 Å². The maximum absolute atomic E-state index is 11.6. The van der Waals surface area contributed by atoms with Crippen molar-refractivity contribution in [2.45, 2.75) is 6.54 Å². The SMILES string of the molecule is COc1ccc(CNc2cnnc3cc(-c4cc(Cl)ccc4C(=O)O)ccc23)c(OC)c1. The van der Waals surface area contributed by atoms with Gasteiger partial charge >= 0.3 is 5.97 Å². The van der Waals surface area contributed by atoms with Crippen LogP contribution in [0.2, 0.25) is 5.02 Å². The van der Waals surface area contributed by atoms with Gasteiger partial charge in [0.1, 0.15) is 11.5 Å². The minimum atomic E-state index is -1.02. The molecule has 3 aromatic carbocycles. The van der Waals surface area contributed by atoms with Crippen molar-refractivity contribution in [1.82, 2.24) is 10.2 Å². The summed E-state index contributed by atoms with van der Waals surface area (Å²) in [5.41, 5.74) is 3.77. The van der Waals surface area contributed by atoms with Gasteiger partial charge in [0.25, 0.3) is 0 Å². The Bertz CT molecular complexity index is 1310. The Morgan fingerprint density at radius 3 is 2.66 bits per heavy atom. The monoisotopic (exact) mass is 449 g/mol. The van der Waals surface area contributed by atoms with Crippen LogP contribution in [0.5, 0.6) is 11.5 Å². The van der Waals surface area contributed by atoms with Crippen LogP contribution in [0, 0.1) is 0 Å². The smallest absolute Gasteiger partial charge is 0.336 e. The molecule has 32 heavy (non-hydrogen) atoms. The van der Waals surface area contributed by atoms with Crippen molar-refractivity contribution in [3.63, 3.8) is 0 Å². The van der Waals surface area contributed by atoms with Gasteiger partial charge in [0.2, 0.25) is 0 Å². The number of ether oxygens (including phenoxy) is 2. The van der Waals surface area contributed by atoms with Crippen LogP contribution in [0.1, 0.15) is 15.9 Å². The van der Waals surface area contributed by atoms with E-state index in [-0.39, 0.29) is 5.56 Å². The summed E-state index contributed by atoms with van der Waals surface area (Å²) in [6.45, 7) is 0.507. The summed E-state index contributed by atoms with van der Waals surface area (Å²) in [7, 11) is 3.23. The summed E-state index contributed by atoms with van der Waals surface area (Å²) < 4.78 is 10.7. The van der Waals surface area contributed by atoms with Crippen LogP contribution in [0.3, 0.4) is 0 Å². The molecule has 0 fully saturated rings. The van der Waals surface area contributed by atoms with Crippen molar-refractivity contribution in [3.8, 4) is 22.6 Å². The molecule has 0 radical (unpaired) electrons. The van der Waals surface area contributed by atoms with E-state index in [1.807, 2.05) is 30.3 Å². The molecule has 0 spiro atoms. The van der Waals surface area contributed by atoms with E-state index in [1.165, 1.54) is 6.07 Å². The maximum Gasteiger partial charge on any atom is 0.336 e. The molecule has 8 heteroatoms. The van der Waals surface area contributed by atoms with E-state index in [0.29, 0.717) is 34.0 Å². The standard InChI is InChI=1S/C24H20ClN3O4/c1-31-17-6-3-15(23(11-17)32-2)12-26-22-13-27-28-21-9-14(4-7-19(21)22)20-10-16(25)5-8-18(20)24(29)30/h3-11,13H,12H2,1-2H3,(H,26,28)(H,29,30). The molecule has 2 N–H and O–H groups in total. The Hall–Kier alpha value is -3.84. The lowest BCUT2D eigenvalue weighted by Gasteiger charge is -2.13. The topological polar surface area (TPSA) is 93.6 Å². The number of hydrogen-bond acceptors (Lipinski definition) is 6. The van der Waals surface area contributed by atoms with Crippen molar-refractivity contribution < 1.29 is 19.4 Å². The Morgan fingerprint density at radius 2 is 1.91 bits per heavy atom. The minimum absolute atomic E-state index is 0.169. The molecule has 0 saturated heterocycles. The zero-order valence-electron chi connectivity index (χ0n) is 17.4. The molecule has 0 unspecified atom stereocenters. The van der Waals surface area contributed by atoms with Gasteiger partial charge in [-0.25, -0.2) is 4.79 Å². The number of nitrogens with one attached hydrogen (secondary N) is 1. The first kappa shape index (κ1) is 21.4. The summed E-state index contributed by atoms with van der Waals surface area (Å²) in [6, 6.07) is 15.9. The van der Waals surface area contributed by atoms with Gasteiger partial charge in [0.05, 0.1) is 37.2 Å². The normalized spacial score (nSPS) is 10.7. The first-order valence-corrected chi connectivity index (χ1v) is 10.1. The van der Waals surface area contributed by atoms with E-state index in [2.05, 4.69) is 15.5 Å². The predicted octanol–water partition coefficient (Wildman–Crippen LogP) is 5.28. The fourth-order valence-corrected chi connectivity index (χ4v) is 3.67. The van der Waals surface area contributed by atoms with Gasteiger partial charge in [-0.05, 0) is 53.6 Å². The molecule has 1 aromatic heterocycles. The molecule has 1 heterocycles. The molecule has 0 bridgehead atoms. The van der Waals surface area contributed by atoms with E-state index in [0.717, 1.165) is 22.4 Å². The number of hydrogen-bond donors (Lipinski definition) is 2. The highest BCUT2D eigenvalue weighted by Gasteiger charge is 2.14. The number of carboxylic acid groups (broad SMARTS) is 1. The number of benzene rings is 3. The van der Waals surface area contributed by atoms with Gasteiger partial charge in [-0.3, -0.25) is 0 Å². The average molecular weight is 450 g/mol. The fraction of sp³-hybridized carbons (Fsp3) is 0.125. The molecular formula is C24H20ClN3O4. The van der Waals surface area contributed by atoms with E-state index >= 15 is 0 Å². The highest BCUT2D eigenvalue weighted by atomic mass is 35.5. The van der Waals surface area contributed by atoms with Crippen molar-refractivity contribution in [3.05, 3.63) is 76.9 Å². The van der Waals surface area contributed by atoms with Crippen molar-refractivity contribution >= 4 is 34.2 Å². The second-order valence-electron chi connectivity index (χ2n) is 7.02. The fourth-order valence-electron chi connectivity index (χ4n) is 3.50. The van der Waals surface area contributed by atoms with Crippen molar-refractivity contribution in [2.24, 2.45) is 0 Å². The highest BCUT2D eigenvalue weighted by molar-refractivity contribution is 6.31. The first-order valence-electron chi connectivity index (χ1n) is 9.73. The number of aromatic carboxylic acids is 1. The van der Waals surface area contributed by atoms with E-state index in [9.17, 15) is 9.90 Å². The molecule has 0 amide bonds. The molecule has 0 aliphatic rings. The molecule has 7 nitrogen and oxygen atoms in total. The number of aromatic nitrogens is 2. The van der Waals surface area contributed by atoms with Gasteiger partial charge in [0, 0.05) is 28.6 Å². The Labute approximate surface area is 189 Å². The number of methoxy groups -OCH3 is 2. The van der Waals surface area contributed by atoms with E-state index < -0.39 is 5.97 Å². The van der Waals surface area contributed by atoms with Crippen LogP contribution in [0.25, 0.3) is 22.0 Å². The van der Waals surface area contributed by atoms with Crippen LogP contribution in [-0.4, -0.2) is 35.5 Å². The third-order valence-corrected chi connectivity index (χ3v) is 5.36. The van der Waals surface area contributed by atoms with E-state index in [1.54, 1.807) is 38.6 Å². The van der Waals surface area contributed by atoms with Gasteiger partial charge in [0.15, 0.2) is 0 Å². The number of halogens is 1. The Kier molecular flexibility index (Phi) is 6.09. The Morgan fingerprint density at radius 1 is 1.06 bits per heavy atom. The quantitative estimate of drug-likeness (QED) is 0.396. The third kappa shape index (κ3) is 4.29. The van der Waals surface area contributed by atoms with Gasteiger partial charge < -0.3 is 19.9 Å². The number of rotatable bonds is 7. The summed E-state index contributed by atoms with van der Waals surface area (Å²) in [4.78, 5) is 11.6. The lowest BCUT2D eigenvalue weighted by Crippen LogP contribution is -2.04. The summed E-state index contributed by atoms with van der Waals surface area (Å²) in [5.74, 6) is 0.412. The zero-order chi connectivity index (χ0) is 22.7. The molecule has 4 aromatic rings. The lowest BCUT2D eigenvalue weighted by molar-refractivity contribution is 0.0697. The summed E-state index contributed by atoms with van der Waals surface area (Å²) in [6.07, 6.45) is 1.65. The molecular weight excluding hydrogens is 430 g/mol. The second kappa shape index (κ2) is 9.11. The molecule has 162 valence electrons. The van der Waals surface area contributed by atoms with Crippen LogP contribution in [-0.2, 0) is 6.54 Å². The van der Waals surface area contributed by atoms with Crippen LogP contribution < -0.4 is 14.8 Å². The van der Waals surface area contributed by atoms with Gasteiger partial charge in [-0.2, -0.15) is 10.2 Å². The number of carbonyl (C=O) groups is 1. The highest BCUT2D eigenvalue weighted by Crippen LogP contribution is 2.32. The summed E-state index contributed by atoms with van der Waals surface area (Å²) >= 11 is 6.11. The number of fused-ring (bicyclic) bond motifs is 1. The molecule has 0 aliphatic carbocycles. The first-order chi connectivity index (χ1) is 15.5. The average Bonchev–Trinajstić information content (AvgIpc) is 2.81. The summed E-state index contributed by atoms with van der Waals surface area (Å²) in [5, 5.41) is 22.5. The lowest BCUT2D eigenvalue weighted by atomic mass is 9.98. The molecule has 4 rings (SSSR count). The number of carboxylic acids is 1. The second-order valence-corrected chi connectivity index (χ2v) is 7.45. The zero-order valence-corrected chi connectivity index (χ0v) is 18.2. The van der Waals surface area contributed by atoms with Crippen LogP contribution in [0.15, 0.2) is 60.8 Å². The maximum atomic E-state index is 11.6. The largest absolute Gasteiger partial charge is 0.497 e. The van der Waals surface area contributed by atoms with Crippen LogP contribution in [0.4, 0.5) is 5.69 Å². The number of nitrogens with zero attached hydrogens (tertiary/aromatic N) is 2. The molecule has 0 atom stereocenters. The molecule has 0 saturated carbocycles. The third-order valence-electron chi connectivity index (χ3n) is 5.13. The van der Waals surface area contributed by atoms with E-state index in [4.69, 9.17) is 21.1 Å². The minimum Gasteiger partial charge on any atom is -0.497 e. The van der Waals surface area contributed by atoms with Gasteiger partial charge in [-0.1, -0.05) is 17.7 Å².